The summed E-state index contributed by atoms with van der Waals surface area (Å²) in [6.07, 6.45) is 0.192. The molecule has 76 valence electrons. The number of rotatable bonds is 3. The van der Waals surface area contributed by atoms with E-state index in [9.17, 15) is 4.79 Å². The minimum atomic E-state index is -0.209. The zero-order valence-corrected chi connectivity index (χ0v) is 9.04. The van der Waals surface area contributed by atoms with Crippen molar-refractivity contribution in [3.05, 3.63) is 34.9 Å². The molecule has 0 aliphatic heterocycles. The van der Waals surface area contributed by atoms with Crippen LogP contribution in [-0.4, -0.2) is 5.97 Å². The quantitative estimate of drug-likeness (QED) is 0.719. The molecule has 0 saturated heterocycles. The highest BCUT2D eigenvalue weighted by atomic mass is 35.5. The molecular formula is C11H13ClO2. The van der Waals surface area contributed by atoms with Crippen LogP contribution in [0.1, 0.15) is 31.9 Å². The van der Waals surface area contributed by atoms with Gasteiger partial charge < -0.3 is 4.74 Å². The number of halogens is 1. The maximum atomic E-state index is 11.0. The Morgan fingerprint density at radius 3 is 2.50 bits per heavy atom. The molecule has 1 atom stereocenters. The van der Waals surface area contributed by atoms with Gasteiger partial charge in [0.1, 0.15) is 6.10 Å². The number of esters is 1. The molecule has 3 heteroatoms. The van der Waals surface area contributed by atoms with Gasteiger partial charge in [0.2, 0.25) is 0 Å². The van der Waals surface area contributed by atoms with Gasteiger partial charge in [0.05, 0.1) is 0 Å². The van der Waals surface area contributed by atoms with Gasteiger partial charge in [-0.25, -0.2) is 0 Å². The fourth-order valence-corrected chi connectivity index (χ4v) is 1.21. The SMILES string of the molecule is CCC(=O)O[C@H](C)c1ccc(Cl)cc1. The van der Waals surface area contributed by atoms with Gasteiger partial charge in [0, 0.05) is 11.4 Å². The fourth-order valence-electron chi connectivity index (χ4n) is 1.08. The fraction of sp³-hybridized carbons (Fsp3) is 0.364. The number of hydrogen-bond donors (Lipinski definition) is 0. The first kappa shape index (κ1) is 11.1. The van der Waals surface area contributed by atoms with Crippen LogP contribution in [0.15, 0.2) is 24.3 Å². The summed E-state index contributed by atoms with van der Waals surface area (Å²) in [6.45, 7) is 3.62. The molecule has 1 aromatic rings. The van der Waals surface area contributed by atoms with Crippen LogP contribution in [-0.2, 0) is 9.53 Å². The van der Waals surface area contributed by atoms with Crippen LogP contribution in [0.25, 0.3) is 0 Å². The first-order valence-electron chi connectivity index (χ1n) is 4.58. The first-order valence-corrected chi connectivity index (χ1v) is 4.96. The van der Waals surface area contributed by atoms with Gasteiger partial charge in [-0.05, 0) is 24.6 Å². The minimum Gasteiger partial charge on any atom is -0.458 e. The van der Waals surface area contributed by atoms with Crippen LogP contribution in [0, 0.1) is 0 Å². The second-order valence-corrected chi connectivity index (χ2v) is 3.47. The molecule has 0 bridgehead atoms. The highest BCUT2D eigenvalue weighted by molar-refractivity contribution is 6.30. The van der Waals surface area contributed by atoms with Crippen LogP contribution >= 0.6 is 11.6 Å². The summed E-state index contributed by atoms with van der Waals surface area (Å²) in [7, 11) is 0. The summed E-state index contributed by atoms with van der Waals surface area (Å²) in [6, 6.07) is 7.28. The lowest BCUT2D eigenvalue weighted by Crippen LogP contribution is -2.07. The van der Waals surface area contributed by atoms with Crippen molar-refractivity contribution in [3.63, 3.8) is 0 Å². The molecule has 0 saturated carbocycles. The van der Waals surface area contributed by atoms with Crippen molar-refractivity contribution >= 4 is 17.6 Å². The van der Waals surface area contributed by atoms with E-state index in [4.69, 9.17) is 16.3 Å². The third-order valence-electron chi connectivity index (χ3n) is 1.94. The Morgan fingerprint density at radius 2 is 2.00 bits per heavy atom. The Labute approximate surface area is 88.8 Å². The van der Waals surface area contributed by atoms with E-state index in [1.54, 1.807) is 19.1 Å². The van der Waals surface area contributed by atoms with Gasteiger partial charge in [-0.3, -0.25) is 4.79 Å². The molecule has 0 aliphatic carbocycles. The molecule has 0 fully saturated rings. The van der Waals surface area contributed by atoms with E-state index in [1.165, 1.54) is 0 Å². The Bertz CT molecular complexity index is 306. The lowest BCUT2D eigenvalue weighted by molar-refractivity contribution is -0.148. The van der Waals surface area contributed by atoms with Crippen LogP contribution in [0.2, 0.25) is 5.02 Å². The van der Waals surface area contributed by atoms with Crippen LogP contribution in [0.5, 0.6) is 0 Å². The monoisotopic (exact) mass is 212 g/mol. The molecule has 0 heterocycles. The number of benzene rings is 1. The topological polar surface area (TPSA) is 26.3 Å². The van der Waals surface area contributed by atoms with Crippen molar-refractivity contribution in [2.45, 2.75) is 26.4 Å². The van der Waals surface area contributed by atoms with E-state index in [0.717, 1.165) is 5.56 Å². The Kier molecular flexibility index (Phi) is 3.96. The molecule has 0 aromatic heterocycles. The van der Waals surface area contributed by atoms with Gasteiger partial charge in [-0.15, -0.1) is 0 Å². The largest absolute Gasteiger partial charge is 0.458 e. The van der Waals surface area contributed by atoms with Crippen molar-refractivity contribution in [1.29, 1.82) is 0 Å². The van der Waals surface area contributed by atoms with Gasteiger partial charge in [0.25, 0.3) is 0 Å². The van der Waals surface area contributed by atoms with E-state index in [-0.39, 0.29) is 12.1 Å². The summed E-state index contributed by atoms with van der Waals surface area (Å²) in [4.78, 5) is 11.0. The van der Waals surface area contributed by atoms with E-state index in [0.29, 0.717) is 11.4 Å². The van der Waals surface area contributed by atoms with Crippen molar-refractivity contribution < 1.29 is 9.53 Å². The average molecular weight is 213 g/mol. The van der Waals surface area contributed by atoms with Gasteiger partial charge in [0.15, 0.2) is 0 Å². The molecule has 2 nitrogen and oxygen atoms in total. The predicted octanol–water partition coefficient (Wildman–Crippen LogP) is 3.35. The molecule has 0 unspecified atom stereocenters. The molecule has 0 spiro atoms. The zero-order valence-electron chi connectivity index (χ0n) is 8.29. The van der Waals surface area contributed by atoms with Crippen molar-refractivity contribution in [2.75, 3.05) is 0 Å². The van der Waals surface area contributed by atoms with Gasteiger partial charge >= 0.3 is 5.97 Å². The summed E-state index contributed by atoms with van der Waals surface area (Å²) in [5.74, 6) is -0.188. The highest BCUT2D eigenvalue weighted by Crippen LogP contribution is 2.19. The van der Waals surface area contributed by atoms with Crippen molar-refractivity contribution in [1.82, 2.24) is 0 Å². The summed E-state index contributed by atoms with van der Waals surface area (Å²) < 4.78 is 5.14. The first-order chi connectivity index (χ1) is 6.63. The minimum absolute atomic E-state index is 0.188. The summed E-state index contributed by atoms with van der Waals surface area (Å²) in [5.41, 5.74) is 0.955. The summed E-state index contributed by atoms with van der Waals surface area (Å²) in [5, 5.41) is 0.683. The number of ether oxygens (including phenoxy) is 1. The lowest BCUT2D eigenvalue weighted by Gasteiger charge is -2.12. The second kappa shape index (κ2) is 5.01. The molecule has 0 N–H and O–H groups in total. The van der Waals surface area contributed by atoms with E-state index >= 15 is 0 Å². The molecule has 14 heavy (non-hydrogen) atoms. The number of carbonyl (C=O) groups is 1. The predicted molar refractivity (Wildman–Crippen MR) is 56.3 cm³/mol. The van der Waals surface area contributed by atoms with E-state index in [1.807, 2.05) is 19.1 Å². The van der Waals surface area contributed by atoms with Gasteiger partial charge in [-0.2, -0.15) is 0 Å². The number of hydrogen-bond acceptors (Lipinski definition) is 2. The molecule has 1 aromatic carbocycles. The number of carbonyl (C=O) groups excluding carboxylic acids is 1. The average Bonchev–Trinajstić information content (AvgIpc) is 2.18. The Balaban J connectivity index is 2.65. The normalized spacial score (nSPS) is 12.2. The van der Waals surface area contributed by atoms with E-state index in [2.05, 4.69) is 0 Å². The van der Waals surface area contributed by atoms with Crippen molar-refractivity contribution in [2.24, 2.45) is 0 Å². The lowest BCUT2D eigenvalue weighted by atomic mass is 10.1. The smallest absolute Gasteiger partial charge is 0.306 e. The zero-order chi connectivity index (χ0) is 10.6. The standard InChI is InChI=1S/C11H13ClO2/c1-3-11(13)14-8(2)9-4-6-10(12)7-5-9/h4-8H,3H2,1-2H3/t8-/m1/s1. The maximum Gasteiger partial charge on any atom is 0.306 e. The molecule has 0 radical (unpaired) electrons. The van der Waals surface area contributed by atoms with Gasteiger partial charge in [-0.1, -0.05) is 30.7 Å². The Morgan fingerprint density at radius 1 is 1.43 bits per heavy atom. The van der Waals surface area contributed by atoms with Crippen LogP contribution in [0.3, 0.4) is 0 Å². The summed E-state index contributed by atoms with van der Waals surface area (Å²) >= 11 is 5.74. The third-order valence-corrected chi connectivity index (χ3v) is 2.19. The maximum absolute atomic E-state index is 11.0. The Hall–Kier alpha value is -1.02. The second-order valence-electron chi connectivity index (χ2n) is 3.04. The van der Waals surface area contributed by atoms with E-state index < -0.39 is 0 Å². The molecule has 0 amide bonds. The van der Waals surface area contributed by atoms with Crippen LogP contribution < -0.4 is 0 Å². The van der Waals surface area contributed by atoms with Crippen molar-refractivity contribution in [3.8, 4) is 0 Å². The highest BCUT2D eigenvalue weighted by Gasteiger charge is 2.09. The molecule has 0 aliphatic rings. The molecule has 1 rings (SSSR count). The third kappa shape index (κ3) is 3.04. The molecular weight excluding hydrogens is 200 g/mol. The van der Waals surface area contributed by atoms with Crippen LogP contribution in [0.4, 0.5) is 0 Å².